The quantitative estimate of drug-likeness (QED) is 0.563. The van der Waals surface area contributed by atoms with Crippen LogP contribution < -0.4 is 10.6 Å². The highest BCUT2D eigenvalue weighted by atomic mass is 16.3. The normalized spacial score (nSPS) is 13.7. The number of hydrogen-bond donors (Lipinski definition) is 4. The summed E-state index contributed by atoms with van der Waals surface area (Å²) in [6, 6.07) is 20.0. The van der Waals surface area contributed by atoms with E-state index in [2.05, 4.69) is 10.6 Å². The first-order chi connectivity index (χ1) is 10.8. The van der Waals surface area contributed by atoms with Gasteiger partial charge in [0, 0.05) is 26.2 Å². The second kappa shape index (κ2) is 9.33. The molecule has 2 aromatic rings. The molecule has 0 aliphatic heterocycles. The van der Waals surface area contributed by atoms with Crippen LogP contribution in [0.5, 0.6) is 0 Å². The largest absolute Gasteiger partial charge is 0.389 e. The summed E-state index contributed by atoms with van der Waals surface area (Å²) in [4.78, 5) is 0. The number of rotatable bonds is 9. The lowest BCUT2D eigenvalue weighted by Gasteiger charge is -2.19. The zero-order valence-electron chi connectivity index (χ0n) is 12.7. The summed E-state index contributed by atoms with van der Waals surface area (Å²) in [6.07, 6.45) is -1.57. The van der Waals surface area contributed by atoms with Gasteiger partial charge in [0.05, 0.1) is 12.2 Å². The van der Waals surface area contributed by atoms with Crippen LogP contribution in [0.1, 0.15) is 11.1 Å². The zero-order valence-corrected chi connectivity index (χ0v) is 12.7. The van der Waals surface area contributed by atoms with Crippen molar-refractivity contribution in [3.8, 4) is 0 Å². The lowest BCUT2D eigenvalue weighted by molar-refractivity contribution is 0.0205. The predicted octanol–water partition coefficient (Wildman–Crippen LogP) is 1.29. The molecule has 2 rings (SSSR count). The maximum atomic E-state index is 9.94. The van der Waals surface area contributed by atoms with Crippen molar-refractivity contribution in [2.45, 2.75) is 25.3 Å². The molecule has 0 saturated carbocycles. The molecule has 0 aromatic heterocycles. The fourth-order valence-electron chi connectivity index (χ4n) is 2.19. The first-order valence-electron chi connectivity index (χ1n) is 7.61. The van der Waals surface area contributed by atoms with Crippen LogP contribution in [0, 0.1) is 0 Å². The van der Waals surface area contributed by atoms with E-state index in [4.69, 9.17) is 0 Å². The Kier molecular flexibility index (Phi) is 7.06. The zero-order chi connectivity index (χ0) is 15.6. The molecule has 4 heteroatoms. The van der Waals surface area contributed by atoms with Crippen molar-refractivity contribution in [3.05, 3.63) is 71.8 Å². The van der Waals surface area contributed by atoms with Gasteiger partial charge in [-0.05, 0) is 11.1 Å². The molecule has 0 fully saturated rings. The van der Waals surface area contributed by atoms with E-state index < -0.39 is 12.2 Å². The van der Waals surface area contributed by atoms with Crippen molar-refractivity contribution in [1.29, 1.82) is 0 Å². The molecule has 22 heavy (non-hydrogen) atoms. The molecule has 2 atom stereocenters. The Morgan fingerprint density at radius 1 is 0.636 bits per heavy atom. The molecule has 0 unspecified atom stereocenters. The highest BCUT2D eigenvalue weighted by Gasteiger charge is 2.15. The Balaban J connectivity index is 1.61. The Morgan fingerprint density at radius 2 is 1.00 bits per heavy atom. The van der Waals surface area contributed by atoms with Crippen LogP contribution in [0.2, 0.25) is 0 Å². The Labute approximate surface area is 131 Å². The fraction of sp³-hybridized carbons (Fsp3) is 0.333. The van der Waals surface area contributed by atoms with E-state index in [0.29, 0.717) is 26.2 Å². The van der Waals surface area contributed by atoms with E-state index in [9.17, 15) is 10.2 Å². The van der Waals surface area contributed by atoms with Crippen LogP contribution in [0.25, 0.3) is 0 Å². The van der Waals surface area contributed by atoms with Crippen molar-refractivity contribution in [1.82, 2.24) is 10.6 Å². The lowest BCUT2D eigenvalue weighted by atomic mass is 10.1. The van der Waals surface area contributed by atoms with E-state index in [1.165, 1.54) is 0 Å². The molecule has 0 radical (unpaired) electrons. The van der Waals surface area contributed by atoms with Crippen molar-refractivity contribution in [2.24, 2.45) is 0 Å². The first-order valence-corrected chi connectivity index (χ1v) is 7.61. The SMILES string of the molecule is O[C@H](CNCc1ccccc1)[C@H](O)CNCc1ccccc1. The van der Waals surface area contributed by atoms with Crippen molar-refractivity contribution >= 4 is 0 Å². The van der Waals surface area contributed by atoms with E-state index in [1.54, 1.807) is 0 Å². The van der Waals surface area contributed by atoms with E-state index >= 15 is 0 Å². The minimum atomic E-state index is -0.785. The van der Waals surface area contributed by atoms with Gasteiger partial charge >= 0.3 is 0 Å². The molecule has 0 aliphatic rings. The van der Waals surface area contributed by atoms with Gasteiger partial charge in [-0.3, -0.25) is 0 Å². The van der Waals surface area contributed by atoms with Gasteiger partial charge in [0.25, 0.3) is 0 Å². The standard InChI is InChI=1S/C18H24N2O2/c21-17(13-19-11-15-7-3-1-4-8-15)18(22)14-20-12-16-9-5-2-6-10-16/h1-10,17-22H,11-14H2/t17-,18-/m1/s1. The molecule has 0 aliphatic carbocycles. The molecule has 0 bridgehead atoms. The maximum absolute atomic E-state index is 9.94. The smallest absolute Gasteiger partial charge is 0.0935 e. The Bertz CT molecular complexity index is 470. The van der Waals surface area contributed by atoms with Crippen LogP contribution in [-0.2, 0) is 13.1 Å². The lowest BCUT2D eigenvalue weighted by Crippen LogP contribution is -2.41. The second-order valence-corrected chi connectivity index (χ2v) is 5.37. The second-order valence-electron chi connectivity index (χ2n) is 5.37. The van der Waals surface area contributed by atoms with Crippen LogP contribution in [-0.4, -0.2) is 35.5 Å². The van der Waals surface area contributed by atoms with Crippen molar-refractivity contribution in [2.75, 3.05) is 13.1 Å². The Hall–Kier alpha value is -1.72. The molecule has 4 N–H and O–H groups in total. The van der Waals surface area contributed by atoms with E-state index in [1.807, 2.05) is 60.7 Å². The van der Waals surface area contributed by atoms with Crippen LogP contribution >= 0.6 is 0 Å². The number of hydrogen-bond acceptors (Lipinski definition) is 4. The summed E-state index contributed by atoms with van der Waals surface area (Å²) in [5.41, 5.74) is 2.32. The number of nitrogens with one attached hydrogen (secondary N) is 2. The average molecular weight is 300 g/mol. The van der Waals surface area contributed by atoms with Crippen molar-refractivity contribution < 1.29 is 10.2 Å². The number of benzene rings is 2. The maximum Gasteiger partial charge on any atom is 0.0935 e. The van der Waals surface area contributed by atoms with Gasteiger partial charge < -0.3 is 20.8 Å². The van der Waals surface area contributed by atoms with E-state index in [0.717, 1.165) is 11.1 Å². The van der Waals surface area contributed by atoms with Crippen LogP contribution in [0.4, 0.5) is 0 Å². The van der Waals surface area contributed by atoms with Gasteiger partial charge in [0.15, 0.2) is 0 Å². The fourth-order valence-corrected chi connectivity index (χ4v) is 2.19. The summed E-state index contributed by atoms with van der Waals surface area (Å²) in [6.45, 7) is 2.09. The molecule has 0 heterocycles. The van der Waals surface area contributed by atoms with Gasteiger partial charge in [0.2, 0.25) is 0 Å². The van der Waals surface area contributed by atoms with Gasteiger partial charge in [-0.1, -0.05) is 60.7 Å². The summed E-state index contributed by atoms with van der Waals surface area (Å²) >= 11 is 0. The molecule has 118 valence electrons. The third-order valence-corrected chi connectivity index (χ3v) is 3.50. The van der Waals surface area contributed by atoms with Gasteiger partial charge in [-0.2, -0.15) is 0 Å². The minimum Gasteiger partial charge on any atom is -0.389 e. The number of aliphatic hydroxyl groups excluding tert-OH is 2. The van der Waals surface area contributed by atoms with Gasteiger partial charge in [-0.25, -0.2) is 0 Å². The van der Waals surface area contributed by atoms with Gasteiger partial charge in [-0.15, -0.1) is 0 Å². The monoisotopic (exact) mass is 300 g/mol. The third kappa shape index (κ3) is 5.95. The molecule has 0 saturated heterocycles. The van der Waals surface area contributed by atoms with Crippen molar-refractivity contribution in [3.63, 3.8) is 0 Å². The molecule has 2 aromatic carbocycles. The van der Waals surface area contributed by atoms with E-state index in [-0.39, 0.29) is 0 Å². The highest BCUT2D eigenvalue weighted by Crippen LogP contribution is 2.00. The first kappa shape index (κ1) is 16.6. The average Bonchev–Trinajstić information content (AvgIpc) is 2.56. The third-order valence-electron chi connectivity index (χ3n) is 3.50. The summed E-state index contributed by atoms with van der Waals surface area (Å²) in [5, 5.41) is 26.2. The molecule has 4 nitrogen and oxygen atoms in total. The number of aliphatic hydroxyl groups is 2. The Morgan fingerprint density at radius 3 is 1.36 bits per heavy atom. The summed E-state index contributed by atoms with van der Waals surface area (Å²) in [5.74, 6) is 0. The molecule has 0 spiro atoms. The summed E-state index contributed by atoms with van der Waals surface area (Å²) in [7, 11) is 0. The van der Waals surface area contributed by atoms with Gasteiger partial charge in [0.1, 0.15) is 0 Å². The molecular formula is C18H24N2O2. The minimum absolute atomic E-state index is 0.364. The summed E-state index contributed by atoms with van der Waals surface area (Å²) < 4.78 is 0. The molecule has 0 amide bonds. The topological polar surface area (TPSA) is 64.5 Å². The highest BCUT2D eigenvalue weighted by molar-refractivity contribution is 5.15. The van der Waals surface area contributed by atoms with Crippen LogP contribution in [0.3, 0.4) is 0 Å². The molecular weight excluding hydrogens is 276 g/mol. The predicted molar refractivity (Wildman–Crippen MR) is 88.3 cm³/mol. The van der Waals surface area contributed by atoms with Crippen LogP contribution in [0.15, 0.2) is 60.7 Å².